The summed E-state index contributed by atoms with van der Waals surface area (Å²) >= 11 is 0. The predicted octanol–water partition coefficient (Wildman–Crippen LogP) is 4.60. The molecule has 2 rings (SSSR count). The van der Waals surface area contributed by atoms with Gasteiger partial charge in [0.2, 0.25) is 0 Å². The van der Waals surface area contributed by atoms with Crippen molar-refractivity contribution in [3.63, 3.8) is 0 Å². The van der Waals surface area contributed by atoms with Gasteiger partial charge >= 0.3 is 0 Å². The molecule has 2 aliphatic rings. The van der Waals surface area contributed by atoms with Gasteiger partial charge in [0.15, 0.2) is 0 Å². The van der Waals surface area contributed by atoms with Crippen molar-refractivity contribution in [2.24, 2.45) is 5.41 Å². The summed E-state index contributed by atoms with van der Waals surface area (Å²) in [5, 5.41) is 11.0. The molecule has 0 amide bonds. The molecule has 0 aromatic rings. The van der Waals surface area contributed by atoms with Crippen molar-refractivity contribution < 1.29 is 5.11 Å². The molecule has 1 saturated carbocycles. The molecule has 1 fully saturated rings. The quantitative estimate of drug-likeness (QED) is 0.660. The van der Waals surface area contributed by atoms with Crippen LogP contribution in [-0.4, -0.2) is 10.7 Å². The van der Waals surface area contributed by atoms with Crippen molar-refractivity contribution in [1.29, 1.82) is 0 Å². The molecule has 1 atom stereocenters. The lowest BCUT2D eigenvalue weighted by atomic mass is 9.66. The fraction of sp³-hybridized carbons (Fsp3) is 0.875. The maximum atomic E-state index is 11.0. The Morgan fingerprint density at radius 2 is 1.76 bits per heavy atom. The van der Waals surface area contributed by atoms with E-state index in [9.17, 15) is 5.11 Å². The highest BCUT2D eigenvalue weighted by Gasteiger charge is 2.40. The lowest BCUT2D eigenvalue weighted by molar-refractivity contribution is -0.0115. The van der Waals surface area contributed by atoms with Gasteiger partial charge in [-0.15, -0.1) is 0 Å². The van der Waals surface area contributed by atoms with Crippen molar-refractivity contribution in [2.75, 3.05) is 0 Å². The van der Waals surface area contributed by atoms with Crippen LogP contribution in [-0.2, 0) is 0 Å². The molecule has 1 unspecified atom stereocenters. The molecule has 2 aliphatic carbocycles. The minimum Gasteiger partial charge on any atom is -0.385 e. The third kappa shape index (κ3) is 3.34. The summed E-state index contributed by atoms with van der Waals surface area (Å²) in [4.78, 5) is 0. The normalized spacial score (nSPS) is 34.6. The summed E-state index contributed by atoms with van der Waals surface area (Å²) in [6.45, 7) is 4.61. The fourth-order valence-corrected chi connectivity index (χ4v) is 3.72. The summed E-state index contributed by atoms with van der Waals surface area (Å²) in [6.07, 6.45) is 14.4. The number of aliphatic hydroxyl groups is 1. The molecular weight excluding hydrogens is 208 g/mol. The zero-order valence-electron chi connectivity index (χ0n) is 11.6. The van der Waals surface area contributed by atoms with Gasteiger partial charge in [0.05, 0.1) is 5.60 Å². The molecule has 0 radical (unpaired) electrons. The fourth-order valence-electron chi connectivity index (χ4n) is 3.72. The Bertz CT molecular complexity index is 290. The van der Waals surface area contributed by atoms with Crippen LogP contribution in [0.4, 0.5) is 0 Å². The minimum atomic E-state index is -0.473. The van der Waals surface area contributed by atoms with E-state index in [2.05, 4.69) is 19.9 Å². The van der Waals surface area contributed by atoms with Crippen molar-refractivity contribution in [2.45, 2.75) is 83.7 Å². The minimum absolute atomic E-state index is 0.316. The predicted molar refractivity (Wildman–Crippen MR) is 73.0 cm³/mol. The summed E-state index contributed by atoms with van der Waals surface area (Å²) in [5.74, 6) is 0. The van der Waals surface area contributed by atoms with Gasteiger partial charge in [0.1, 0.15) is 0 Å². The molecular formula is C16H28O. The summed E-state index contributed by atoms with van der Waals surface area (Å²) in [5.41, 5.74) is 1.21. The van der Waals surface area contributed by atoms with E-state index in [1.165, 1.54) is 50.5 Å². The molecule has 0 aromatic carbocycles. The van der Waals surface area contributed by atoms with Gasteiger partial charge in [-0.2, -0.15) is 0 Å². The number of rotatable bonds is 1. The van der Waals surface area contributed by atoms with E-state index < -0.39 is 5.60 Å². The molecule has 0 spiro atoms. The Labute approximate surface area is 106 Å². The third-order valence-electron chi connectivity index (χ3n) is 4.60. The molecule has 0 heterocycles. The molecule has 0 bridgehead atoms. The van der Waals surface area contributed by atoms with Crippen LogP contribution in [0.25, 0.3) is 0 Å². The van der Waals surface area contributed by atoms with Gasteiger partial charge in [0, 0.05) is 0 Å². The van der Waals surface area contributed by atoms with Crippen molar-refractivity contribution >= 4 is 0 Å². The molecule has 17 heavy (non-hydrogen) atoms. The van der Waals surface area contributed by atoms with Gasteiger partial charge in [0.25, 0.3) is 0 Å². The van der Waals surface area contributed by atoms with Crippen molar-refractivity contribution in [1.82, 2.24) is 0 Å². The van der Waals surface area contributed by atoms with Gasteiger partial charge < -0.3 is 5.11 Å². The maximum absolute atomic E-state index is 11.0. The van der Waals surface area contributed by atoms with E-state index >= 15 is 0 Å². The second kappa shape index (κ2) is 5.14. The second-order valence-corrected chi connectivity index (χ2v) is 6.91. The van der Waals surface area contributed by atoms with Crippen LogP contribution < -0.4 is 0 Å². The van der Waals surface area contributed by atoms with E-state index in [0.29, 0.717) is 5.41 Å². The van der Waals surface area contributed by atoms with Crippen LogP contribution >= 0.6 is 0 Å². The highest BCUT2D eigenvalue weighted by atomic mass is 16.3. The molecule has 1 heteroatoms. The molecule has 98 valence electrons. The van der Waals surface area contributed by atoms with E-state index in [1.54, 1.807) is 0 Å². The summed E-state index contributed by atoms with van der Waals surface area (Å²) in [7, 11) is 0. The SMILES string of the molecule is CC1(C)CCCC(O)(C2=CCCCCCC2)C1. The molecule has 0 aliphatic heterocycles. The summed E-state index contributed by atoms with van der Waals surface area (Å²) in [6, 6.07) is 0. The van der Waals surface area contributed by atoms with Crippen LogP contribution in [0.1, 0.15) is 78.1 Å². The average molecular weight is 236 g/mol. The van der Waals surface area contributed by atoms with Crippen LogP contribution in [0.3, 0.4) is 0 Å². The van der Waals surface area contributed by atoms with E-state index in [-0.39, 0.29) is 0 Å². The highest BCUT2D eigenvalue weighted by molar-refractivity contribution is 5.19. The largest absolute Gasteiger partial charge is 0.385 e. The Balaban J connectivity index is 2.12. The molecule has 1 nitrogen and oxygen atoms in total. The molecule has 0 aromatic heterocycles. The van der Waals surface area contributed by atoms with Crippen LogP contribution in [0.2, 0.25) is 0 Å². The lowest BCUT2D eigenvalue weighted by Gasteiger charge is -2.43. The Kier molecular flexibility index (Phi) is 3.97. The first kappa shape index (κ1) is 13.1. The van der Waals surface area contributed by atoms with E-state index in [4.69, 9.17) is 0 Å². The smallest absolute Gasteiger partial charge is 0.0861 e. The number of hydrogen-bond acceptors (Lipinski definition) is 1. The Morgan fingerprint density at radius 1 is 1.00 bits per heavy atom. The summed E-state index contributed by atoms with van der Waals surface area (Å²) < 4.78 is 0. The first-order chi connectivity index (χ1) is 8.02. The number of hydrogen-bond donors (Lipinski definition) is 1. The van der Waals surface area contributed by atoms with Gasteiger partial charge in [-0.1, -0.05) is 32.8 Å². The second-order valence-electron chi connectivity index (χ2n) is 6.91. The third-order valence-corrected chi connectivity index (χ3v) is 4.60. The highest BCUT2D eigenvalue weighted by Crippen LogP contribution is 2.45. The van der Waals surface area contributed by atoms with Crippen molar-refractivity contribution in [3.8, 4) is 0 Å². The van der Waals surface area contributed by atoms with Crippen LogP contribution in [0.5, 0.6) is 0 Å². The standard InChI is InChI=1S/C16H28O/c1-15(2)11-8-12-16(17,13-15)14-9-6-4-3-5-7-10-14/h9,17H,3-8,10-13H2,1-2H3. The van der Waals surface area contributed by atoms with Crippen LogP contribution in [0, 0.1) is 5.41 Å². The van der Waals surface area contributed by atoms with Gasteiger partial charge in [-0.05, 0) is 62.4 Å². The lowest BCUT2D eigenvalue weighted by Crippen LogP contribution is -2.40. The maximum Gasteiger partial charge on any atom is 0.0861 e. The number of allylic oxidation sites excluding steroid dienone is 1. The van der Waals surface area contributed by atoms with E-state index in [1.807, 2.05) is 0 Å². The first-order valence-corrected chi connectivity index (χ1v) is 7.44. The topological polar surface area (TPSA) is 20.2 Å². The monoisotopic (exact) mass is 236 g/mol. The zero-order valence-corrected chi connectivity index (χ0v) is 11.6. The Hall–Kier alpha value is -0.300. The molecule has 1 N–H and O–H groups in total. The van der Waals surface area contributed by atoms with Crippen molar-refractivity contribution in [3.05, 3.63) is 11.6 Å². The Morgan fingerprint density at radius 3 is 2.53 bits per heavy atom. The molecule has 0 saturated heterocycles. The van der Waals surface area contributed by atoms with Gasteiger partial charge in [-0.25, -0.2) is 0 Å². The average Bonchev–Trinajstić information content (AvgIpc) is 2.13. The van der Waals surface area contributed by atoms with Gasteiger partial charge in [-0.3, -0.25) is 0 Å². The van der Waals surface area contributed by atoms with Crippen LogP contribution in [0.15, 0.2) is 11.6 Å². The zero-order chi connectivity index (χ0) is 12.4. The first-order valence-electron chi connectivity index (χ1n) is 7.44. The van der Waals surface area contributed by atoms with E-state index in [0.717, 1.165) is 19.3 Å².